The van der Waals surface area contributed by atoms with Crippen LogP contribution in [0.3, 0.4) is 0 Å². The summed E-state index contributed by atoms with van der Waals surface area (Å²) in [5.41, 5.74) is 4.34. The van der Waals surface area contributed by atoms with E-state index in [1.165, 1.54) is 0 Å². The topological polar surface area (TPSA) is 36.7 Å². The molecule has 5 rings (SSSR count). The molecule has 104 valence electrons. The number of fused-ring (bicyclic) bond motifs is 7. The van der Waals surface area contributed by atoms with Crippen LogP contribution in [0.2, 0.25) is 0 Å². The molecule has 0 saturated heterocycles. The highest BCUT2D eigenvalue weighted by atomic mass is 79.9. The summed E-state index contributed by atoms with van der Waals surface area (Å²) in [6, 6.07) is 16.0. The third kappa shape index (κ3) is 1.40. The smallest absolute Gasteiger partial charge is 0.284 e. The number of H-pyrrole nitrogens is 1. The molecule has 22 heavy (non-hydrogen) atoms. The van der Waals surface area contributed by atoms with E-state index in [2.05, 4.69) is 33.0 Å². The minimum absolute atomic E-state index is 0.0691. The lowest BCUT2D eigenvalue weighted by Crippen LogP contribution is -2.32. The Kier molecular flexibility index (Phi) is 2.23. The van der Waals surface area contributed by atoms with Crippen LogP contribution in [-0.4, -0.2) is 10.8 Å². The van der Waals surface area contributed by atoms with Crippen molar-refractivity contribution in [3.8, 4) is 5.69 Å². The van der Waals surface area contributed by atoms with Gasteiger partial charge >= 0.3 is 0 Å². The second-order valence-corrected chi connectivity index (χ2v) is 6.40. The summed E-state index contributed by atoms with van der Waals surface area (Å²) >= 11 is 3.48. The lowest BCUT2D eigenvalue weighted by molar-refractivity contribution is -0.592. The van der Waals surface area contributed by atoms with Gasteiger partial charge in [-0.15, -0.1) is 0 Å². The maximum absolute atomic E-state index is 12.8. The van der Waals surface area contributed by atoms with Gasteiger partial charge in [0.05, 0.1) is 0 Å². The number of carbonyl (C=O) groups excluding carboxylic acids is 1. The molecule has 2 aromatic heterocycles. The van der Waals surface area contributed by atoms with E-state index >= 15 is 0 Å². The Bertz CT molecular complexity index is 1110. The van der Waals surface area contributed by atoms with Crippen molar-refractivity contribution in [1.82, 2.24) is 4.98 Å². The number of rotatable bonds is 0. The van der Waals surface area contributed by atoms with Gasteiger partial charge in [0.1, 0.15) is 11.1 Å². The Balaban J connectivity index is 1.95. The monoisotopic (exact) mass is 349 g/mol. The van der Waals surface area contributed by atoms with Gasteiger partial charge in [-0.2, -0.15) is 4.57 Å². The first kappa shape index (κ1) is 12.1. The maximum atomic E-state index is 12.8. The van der Waals surface area contributed by atoms with Gasteiger partial charge < -0.3 is 4.98 Å². The molecule has 4 heteroatoms. The van der Waals surface area contributed by atoms with Gasteiger partial charge in [0.25, 0.3) is 11.5 Å². The van der Waals surface area contributed by atoms with Crippen molar-refractivity contribution in [3.63, 3.8) is 0 Å². The molecule has 0 amide bonds. The van der Waals surface area contributed by atoms with Crippen LogP contribution in [0.4, 0.5) is 0 Å². The zero-order chi connectivity index (χ0) is 14.8. The standard InChI is InChI=1S/C18H9BrN2O/c19-10-5-6-13-15(9-10)21-8-7-12-11-3-1-2-4-14(11)20-16(12)17(21)18(13)22/h1-9H/p+1. The number of carbonyl (C=O) groups is 1. The molecule has 3 heterocycles. The third-order valence-corrected chi connectivity index (χ3v) is 4.79. The van der Waals surface area contributed by atoms with E-state index in [-0.39, 0.29) is 5.78 Å². The number of hydrogen-bond acceptors (Lipinski definition) is 1. The van der Waals surface area contributed by atoms with E-state index in [1.54, 1.807) is 0 Å². The Morgan fingerprint density at radius 2 is 1.86 bits per heavy atom. The van der Waals surface area contributed by atoms with E-state index in [9.17, 15) is 4.79 Å². The fraction of sp³-hybridized carbons (Fsp3) is 0. The van der Waals surface area contributed by atoms with Crippen LogP contribution in [0, 0.1) is 0 Å². The van der Waals surface area contributed by atoms with E-state index < -0.39 is 0 Å². The minimum Gasteiger partial charge on any atom is -0.349 e. The molecule has 0 aliphatic carbocycles. The van der Waals surface area contributed by atoms with Crippen LogP contribution >= 0.6 is 15.9 Å². The van der Waals surface area contributed by atoms with Gasteiger partial charge in [0.15, 0.2) is 6.20 Å². The van der Waals surface area contributed by atoms with Crippen LogP contribution in [0.25, 0.3) is 27.5 Å². The van der Waals surface area contributed by atoms with Crippen LogP contribution in [0.1, 0.15) is 16.1 Å². The molecule has 0 fully saturated rings. The lowest BCUT2D eigenvalue weighted by atomic mass is 10.1. The van der Waals surface area contributed by atoms with Crippen LogP contribution in [0.15, 0.2) is 59.2 Å². The van der Waals surface area contributed by atoms with E-state index in [4.69, 9.17) is 0 Å². The Hall–Kier alpha value is -2.46. The molecule has 1 aliphatic rings. The number of halogens is 1. The highest BCUT2D eigenvalue weighted by Crippen LogP contribution is 2.31. The Morgan fingerprint density at radius 3 is 2.77 bits per heavy atom. The van der Waals surface area contributed by atoms with Gasteiger partial charge in [0, 0.05) is 32.9 Å². The fourth-order valence-corrected chi connectivity index (χ4v) is 3.66. The molecule has 0 bridgehead atoms. The minimum atomic E-state index is 0.0691. The molecule has 2 aromatic carbocycles. The fourth-order valence-electron chi connectivity index (χ4n) is 3.31. The van der Waals surface area contributed by atoms with Crippen LogP contribution < -0.4 is 4.57 Å². The van der Waals surface area contributed by atoms with Crippen molar-refractivity contribution in [2.75, 3.05) is 0 Å². The van der Waals surface area contributed by atoms with Gasteiger partial charge in [-0.1, -0.05) is 34.1 Å². The molecule has 0 radical (unpaired) electrons. The number of nitrogens with zero attached hydrogens (tertiary/aromatic N) is 1. The molecule has 0 saturated carbocycles. The maximum Gasteiger partial charge on any atom is 0.284 e. The van der Waals surface area contributed by atoms with Crippen LogP contribution in [-0.2, 0) is 0 Å². The molecule has 0 unspecified atom stereocenters. The average molecular weight is 350 g/mol. The first-order chi connectivity index (χ1) is 10.7. The van der Waals surface area contributed by atoms with E-state index in [1.807, 2.05) is 47.2 Å². The number of hydrogen-bond donors (Lipinski definition) is 1. The molecule has 0 spiro atoms. The number of aromatic nitrogens is 2. The van der Waals surface area contributed by atoms with Crippen molar-refractivity contribution >= 4 is 43.5 Å². The number of para-hydroxylation sites is 1. The second-order valence-electron chi connectivity index (χ2n) is 5.48. The molecular weight excluding hydrogens is 340 g/mol. The molecule has 1 N–H and O–H groups in total. The lowest BCUT2D eigenvalue weighted by Gasteiger charge is -1.95. The second kappa shape index (κ2) is 4.05. The van der Waals surface area contributed by atoms with Gasteiger partial charge in [-0.05, 0) is 18.2 Å². The summed E-state index contributed by atoms with van der Waals surface area (Å²) < 4.78 is 2.94. The van der Waals surface area contributed by atoms with Crippen molar-refractivity contribution in [3.05, 3.63) is 70.5 Å². The predicted molar refractivity (Wildman–Crippen MR) is 88.5 cm³/mol. The summed E-state index contributed by atoms with van der Waals surface area (Å²) in [6.07, 6.45) is 1.98. The number of benzene rings is 2. The van der Waals surface area contributed by atoms with Crippen molar-refractivity contribution < 1.29 is 9.36 Å². The molecule has 0 atom stereocenters. The summed E-state index contributed by atoms with van der Waals surface area (Å²) in [5.74, 6) is 0.0691. The van der Waals surface area contributed by atoms with Crippen molar-refractivity contribution in [2.45, 2.75) is 0 Å². The highest BCUT2D eigenvalue weighted by Gasteiger charge is 2.38. The summed E-state index contributed by atoms with van der Waals surface area (Å²) in [7, 11) is 0. The number of ketones is 1. The molecule has 1 aliphatic heterocycles. The van der Waals surface area contributed by atoms with E-state index in [0.717, 1.165) is 37.5 Å². The normalized spacial score (nSPS) is 12.9. The Labute approximate surface area is 134 Å². The van der Waals surface area contributed by atoms with Crippen LogP contribution in [0.5, 0.6) is 0 Å². The zero-order valence-electron chi connectivity index (χ0n) is 11.4. The van der Waals surface area contributed by atoms with Crippen molar-refractivity contribution in [1.29, 1.82) is 0 Å². The zero-order valence-corrected chi connectivity index (χ0v) is 13.0. The quantitative estimate of drug-likeness (QED) is 0.423. The predicted octanol–water partition coefficient (Wildman–Crippen LogP) is 3.90. The molecule has 3 nitrogen and oxygen atoms in total. The first-order valence-corrected chi connectivity index (χ1v) is 7.83. The summed E-state index contributed by atoms with van der Waals surface area (Å²) in [5, 5.41) is 2.23. The SMILES string of the molecule is O=C1c2ccc(Br)cc2-[n+]2ccc3c([nH]c4ccccc43)c21. The largest absolute Gasteiger partial charge is 0.349 e. The van der Waals surface area contributed by atoms with Crippen molar-refractivity contribution in [2.24, 2.45) is 0 Å². The van der Waals surface area contributed by atoms with E-state index in [0.29, 0.717) is 5.69 Å². The number of nitrogens with one attached hydrogen (secondary N) is 1. The average Bonchev–Trinajstić information content (AvgIpc) is 3.03. The molecular formula is C18H10BrN2O+. The van der Waals surface area contributed by atoms with Gasteiger partial charge in [-0.25, -0.2) is 0 Å². The summed E-state index contributed by atoms with van der Waals surface area (Å²) in [4.78, 5) is 16.2. The number of aromatic amines is 1. The number of pyridine rings is 1. The molecule has 4 aromatic rings. The Morgan fingerprint density at radius 1 is 1.00 bits per heavy atom. The summed E-state index contributed by atoms with van der Waals surface area (Å²) in [6.45, 7) is 0. The first-order valence-electron chi connectivity index (χ1n) is 7.04. The van der Waals surface area contributed by atoms with Gasteiger partial charge in [-0.3, -0.25) is 4.79 Å². The highest BCUT2D eigenvalue weighted by molar-refractivity contribution is 9.10. The van der Waals surface area contributed by atoms with Gasteiger partial charge in [0.2, 0.25) is 5.69 Å². The third-order valence-electron chi connectivity index (χ3n) is 4.29.